The second-order valence-corrected chi connectivity index (χ2v) is 6.48. The molecule has 0 radical (unpaired) electrons. The molecule has 0 amide bonds. The molecular weight excluding hydrogens is 216 g/mol. The van der Waals surface area contributed by atoms with Crippen LogP contribution in [0.4, 0.5) is 0 Å². The fourth-order valence-electron chi connectivity index (χ4n) is 3.49. The van der Waals surface area contributed by atoms with Gasteiger partial charge >= 0.3 is 0 Å². The van der Waals surface area contributed by atoms with Crippen LogP contribution in [0.1, 0.15) is 69.9 Å². The molecule has 1 aliphatic rings. The molecule has 18 heavy (non-hydrogen) atoms. The summed E-state index contributed by atoms with van der Waals surface area (Å²) in [5, 5.41) is 0. The van der Waals surface area contributed by atoms with E-state index >= 15 is 0 Å². The molecule has 0 aliphatic heterocycles. The minimum Gasteiger partial charge on any atom is -0.0625 e. The van der Waals surface area contributed by atoms with Gasteiger partial charge in [-0.2, -0.15) is 0 Å². The largest absolute Gasteiger partial charge is 0.0625 e. The first-order valence-electron chi connectivity index (χ1n) is 7.76. The highest BCUT2D eigenvalue weighted by molar-refractivity contribution is 5.31. The normalized spacial score (nSPS) is 19.1. The van der Waals surface area contributed by atoms with Crippen molar-refractivity contribution in [3.63, 3.8) is 0 Å². The lowest BCUT2D eigenvalue weighted by atomic mass is 9.76. The van der Waals surface area contributed by atoms with Crippen LogP contribution in [0.3, 0.4) is 0 Å². The van der Waals surface area contributed by atoms with Crippen LogP contribution in [0.25, 0.3) is 0 Å². The van der Waals surface area contributed by atoms with Gasteiger partial charge < -0.3 is 0 Å². The van der Waals surface area contributed by atoms with Gasteiger partial charge in [0, 0.05) is 0 Å². The van der Waals surface area contributed by atoms with E-state index in [9.17, 15) is 0 Å². The van der Waals surface area contributed by atoms with Crippen LogP contribution in [0.15, 0.2) is 24.3 Å². The summed E-state index contributed by atoms with van der Waals surface area (Å²) in [4.78, 5) is 0. The van der Waals surface area contributed by atoms with Gasteiger partial charge in [-0.05, 0) is 48.1 Å². The number of benzene rings is 1. The lowest BCUT2D eigenvalue weighted by Crippen LogP contribution is -2.15. The summed E-state index contributed by atoms with van der Waals surface area (Å²) in [5.41, 5.74) is 3.21. The van der Waals surface area contributed by atoms with Crippen molar-refractivity contribution in [3.05, 3.63) is 35.4 Å². The van der Waals surface area contributed by atoms with E-state index in [2.05, 4.69) is 45.0 Å². The average Bonchev–Trinajstić information content (AvgIpc) is 2.39. The second-order valence-electron chi connectivity index (χ2n) is 6.48. The van der Waals surface area contributed by atoms with Gasteiger partial charge in [0.15, 0.2) is 0 Å². The zero-order valence-corrected chi connectivity index (χ0v) is 12.3. The molecule has 0 bridgehead atoms. The molecule has 0 N–H and O–H groups in total. The SMILES string of the molecule is CC(C)Cc1ccccc1C(C)C1CCCCC1. The third kappa shape index (κ3) is 3.37. The quantitative estimate of drug-likeness (QED) is 0.649. The molecule has 2 rings (SSSR count). The van der Waals surface area contributed by atoms with Crippen LogP contribution >= 0.6 is 0 Å². The molecule has 1 saturated carbocycles. The predicted molar refractivity (Wildman–Crippen MR) is 80.0 cm³/mol. The Balaban J connectivity index is 2.15. The summed E-state index contributed by atoms with van der Waals surface area (Å²) in [6, 6.07) is 9.14. The highest BCUT2D eigenvalue weighted by Gasteiger charge is 2.22. The van der Waals surface area contributed by atoms with Crippen LogP contribution < -0.4 is 0 Å². The van der Waals surface area contributed by atoms with E-state index in [1.807, 2.05) is 0 Å². The van der Waals surface area contributed by atoms with Gasteiger partial charge in [0.1, 0.15) is 0 Å². The molecule has 100 valence electrons. The molecule has 1 aromatic rings. The topological polar surface area (TPSA) is 0 Å². The summed E-state index contributed by atoms with van der Waals surface area (Å²) in [6.07, 6.45) is 8.46. The Morgan fingerprint density at radius 3 is 2.33 bits per heavy atom. The fourth-order valence-corrected chi connectivity index (χ4v) is 3.49. The number of rotatable bonds is 4. The van der Waals surface area contributed by atoms with Gasteiger partial charge in [-0.3, -0.25) is 0 Å². The molecule has 0 saturated heterocycles. The minimum absolute atomic E-state index is 0.750. The molecule has 0 heteroatoms. The van der Waals surface area contributed by atoms with Crippen LogP contribution in [0, 0.1) is 11.8 Å². The summed E-state index contributed by atoms with van der Waals surface area (Å²) < 4.78 is 0. The molecule has 1 aliphatic carbocycles. The lowest BCUT2D eigenvalue weighted by Gasteiger charge is -2.29. The predicted octanol–water partition coefficient (Wildman–Crippen LogP) is 5.57. The van der Waals surface area contributed by atoms with Crippen molar-refractivity contribution in [1.29, 1.82) is 0 Å². The van der Waals surface area contributed by atoms with Crippen molar-refractivity contribution in [1.82, 2.24) is 0 Å². The van der Waals surface area contributed by atoms with E-state index in [0.29, 0.717) is 0 Å². The monoisotopic (exact) mass is 244 g/mol. The molecule has 1 aromatic carbocycles. The van der Waals surface area contributed by atoms with E-state index in [-0.39, 0.29) is 0 Å². The van der Waals surface area contributed by atoms with E-state index in [1.165, 1.54) is 38.5 Å². The van der Waals surface area contributed by atoms with Crippen molar-refractivity contribution >= 4 is 0 Å². The summed E-state index contributed by atoms with van der Waals surface area (Å²) >= 11 is 0. The Kier molecular flexibility index (Phi) is 4.86. The van der Waals surface area contributed by atoms with Crippen molar-refractivity contribution in [2.75, 3.05) is 0 Å². The molecule has 1 fully saturated rings. The molecule has 0 aromatic heterocycles. The Hall–Kier alpha value is -0.780. The Morgan fingerprint density at radius 2 is 1.67 bits per heavy atom. The van der Waals surface area contributed by atoms with Crippen molar-refractivity contribution < 1.29 is 0 Å². The summed E-state index contributed by atoms with van der Waals surface area (Å²) in [5.74, 6) is 2.43. The van der Waals surface area contributed by atoms with Gasteiger partial charge in [-0.1, -0.05) is 64.3 Å². The molecule has 1 atom stereocenters. The summed E-state index contributed by atoms with van der Waals surface area (Å²) in [6.45, 7) is 7.10. The third-order valence-electron chi connectivity index (χ3n) is 4.53. The number of hydrogen-bond donors (Lipinski definition) is 0. The second kappa shape index (κ2) is 6.41. The first kappa shape index (κ1) is 13.6. The van der Waals surface area contributed by atoms with Crippen molar-refractivity contribution in [3.8, 4) is 0 Å². The first-order chi connectivity index (χ1) is 8.68. The Bertz CT molecular complexity index is 358. The number of hydrogen-bond acceptors (Lipinski definition) is 0. The zero-order valence-electron chi connectivity index (χ0n) is 12.3. The lowest BCUT2D eigenvalue weighted by molar-refractivity contribution is 0.315. The molecular formula is C18H28. The van der Waals surface area contributed by atoms with Gasteiger partial charge in [-0.15, -0.1) is 0 Å². The minimum atomic E-state index is 0.750. The maximum Gasteiger partial charge on any atom is -0.0159 e. The van der Waals surface area contributed by atoms with Gasteiger partial charge in [-0.25, -0.2) is 0 Å². The smallest absolute Gasteiger partial charge is 0.0159 e. The Morgan fingerprint density at radius 1 is 1.00 bits per heavy atom. The molecule has 0 spiro atoms. The highest BCUT2D eigenvalue weighted by atomic mass is 14.3. The third-order valence-corrected chi connectivity index (χ3v) is 4.53. The standard InChI is InChI=1S/C18H28/c1-14(2)13-17-11-7-8-12-18(17)15(3)16-9-5-4-6-10-16/h7-8,11-12,14-16H,4-6,9-10,13H2,1-3H3. The van der Waals surface area contributed by atoms with Crippen LogP contribution in [0.2, 0.25) is 0 Å². The molecule has 0 heterocycles. The van der Waals surface area contributed by atoms with Crippen molar-refractivity contribution in [2.24, 2.45) is 11.8 Å². The average molecular weight is 244 g/mol. The van der Waals surface area contributed by atoms with E-state index in [1.54, 1.807) is 11.1 Å². The zero-order chi connectivity index (χ0) is 13.0. The van der Waals surface area contributed by atoms with Gasteiger partial charge in [0.25, 0.3) is 0 Å². The van der Waals surface area contributed by atoms with Crippen molar-refractivity contribution in [2.45, 2.75) is 65.2 Å². The van der Waals surface area contributed by atoms with Crippen LogP contribution in [0.5, 0.6) is 0 Å². The van der Waals surface area contributed by atoms with Crippen LogP contribution in [-0.4, -0.2) is 0 Å². The van der Waals surface area contributed by atoms with E-state index in [0.717, 1.165) is 17.8 Å². The van der Waals surface area contributed by atoms with Crippen LogP contribution in [-0.2, 0) is 6.42 Å². The van der Waals surface area contributed by atoms with Gasteiger partial charge in [0.05, 0.1) is 0 Å². The van der Waals surface area contributed by atoms with Gasteiger partial charge in [0.2, 0.25) is 0 Å². The molecule has 0 nitrogen and oxygen atoms in total. The van der Waals surface area contributed by atoms with E-state index < -0.39 is 0 Å². The highest BCUT2D eigenvalue weighted by Crippen LogP contribution is 2.37. The maximum absolute atomic E-state index is 2.45. The Labute approximate surface area is 113 Å². The van der Waals surface area contributed by atoms with E-state index in [4.69, 9.17) is 0 Å². The fraction of sp³-hybridized carbons (Fsp3) is 0.667. The molecule has 1 unspecified atom stereocenters. The first-order valence-corrected chi connectivity index (χ1v) is 7.76. The summed E-state index contributed by atoms with van der Waals surface area (Å²) in [7, 11) is 0. The maximum atomic E-state index is 2.45.